The lowest BCUT2D eigenvalue weighted by Gasteiger charge is -2.21. The van der Waals surface area contributed by atoms with E-state index in [4.69, 9.17) is 29.0 Å². The Morgan fingerprint density at radius 1 is 0.731 bits per heavy atom. The van der Waals surface area contributed by atoms with Crippen LogP contribution in [0.15, 0.2) is 77.8 Å². The first-order valence-corrected chi connectivity index (χ1v) is 31.8. The fraction of sp³-hybridized carbons (Fsp3) is 0.719. The van der Waals surface area contributed by atoms with Crippen molar-refractivity contribution in [2.45, 2.75) is 237 Å². The van der Waals surface area contributed by atoms with Crippen LogP contribution < -0.4 is 11.4 Å². The molecule has 0 aromatic carbocycles. The van der Waals surface area contributed by atoms with E-state index in [0.29, 0.717) is 32.1 Å². The number of rotatable bonds is 47. The zero-order chi connectivity index (χ0) is 57.3. The average Bonchev–Trinajstić information content (AvgIpc) is 3.74. The monoisotopic (exact) mass is 1140 g/mol. The van der Waals surface area contributed by atoms with Gasteiger partial charge in [0.05, 0.1) is 19.3 Å². The minimum absolute atomic E-state index is 0.0608. The van der Waals surface area contributed by atoms with Crippen molar-refractivity contribution in [3.63, 3.8) is 0 Å². The van der Waals surface area contributed by atoms with E-state index >= 15 is 0 Å². The van der Waals surface area contributed by atoms with Crippen molar-refractivity contribution in [2.24, 2.45) is 5.92 Å². The summed E-state index contributed by atoms with van der Waals surface area (Å²) in [6, 6.07) is 1.24. The van der Waals surface area contributed by atoms with Crippen LogP contribution in [-0.4, -0.2) is 96.9 Å². The number of carbonyl (C=O) groups is 2. The molecule has 4 unspecified atom stereocenters. The SMILES string of the molecule is CC/C=C\C/C=C\CC(O)/C=C/C=C\C/C=C\CCCC(=O)O[C@H](COC(=O)CCCCCCCCCCCCCCCCCCCCC(C)CC)COP(=O)(O)OP(=O)(O)OC[C@H]1O[C@@H](n2ccc(N)nc2=O)[C@H](O)[C@@H]1O. The van der Waals surface area contributed by atoms with Gasteiger partial charge in [-0.1, -0.05) is 204 Å². The number of ether oxygens (including phenoxy) is 3. The van der Waals surface area contributed by atoms with Crippen LogP contribution >= 0.6 is 15.6 Å². The predicted molar refractivity (Wildman–Crippen MR) is 304 cm³/mol. The van der Waals surface area contributed by atoms with Gasteiger partial charge in [0.1, 0.15) is 30.7 Å². The highest BCUT2D eigenvalue weighted by atomic mass is 31.3. The number of aromatic nitrogens is 2. The molecule has 446 valence electrons. The molecule has 1 aliphatic heterocycles. The minimum Gasteiger partial charge on any atom is -0.462 e. The fourth-order valence-electron chi connectivity index (χ4n) is 8.41. The molecule has 1 saturated heterocycles. The van der Waals surface area contributed by atoms with Gasteiger partial charge in [0.25, 0.3) is 0 Å². The molecule has 0 aliphatic carbocycles. The lowest BCUT2D eigenvalue weighted by atomic mass is 9.99. The van der Waals surface area contributed by atoms with E-state index in [0.717, 1.165) is 55.2 Å². The first-order chi connectivity index (χ1) is 37.5. The molecule has 0 spiro atoms. The van der Waals surface area contributed by atoms with Gasteiger partial charge >= 0.3 is 33.3 Å². The standard InChI is InChI=1S/C57H97N3O16P2/c1-4-6-7-8-28-33-38-48(61)39-34-29-24-21-22-26-31-36-41-53(63)74-49(44-71-52(62)40-35-30-25-20-18-16-14-12-10-9-11-13-15-17-19-23-27-32-37-47(3)5-2)45-72-77(67,68)76-78(69,70)73-46-50-54(64)55(65)56(75-50)60-43-42-51(58)59-57(60)66/h6-7,22,24,26,28-29,33-34,39,42-43,47-50,54-56,61,64-65H,4-5,8-21,23,25,27,30-32,35-38,40-41,44-46H2,1-3H3,(H,67,68)(H,69,70)(H2,58,59,66)/b7-6-,26-22-,29-24-,33-28-,39-34+/t47?,48?,49-,50-,54-,55-,56-/m1/s1. The number of hydrogen-bond acceptors (Lipinski definition) is 16. The fourth-order valence-corrected chi connectivity index (χ4v) is 10.5. The Hall–Kier alpha value is -3.58. The van der Waals surface area contributed by atoms with Crippen LogP contribution in [0.4, 0.5) is 5.82 Å². The lowest BCUT2D eigenvalue weighted by molar-refractivity contribution is -0.161. The summed E-state index contributed by atoms with van der Waals surface area (Å²) in [7, 11) is -10.9. The number of phosphoric ester groups is 2. The molecule has 0 radical (unpaired) electrons. The van der Waals surface area contributed by atoms with Gasteiger partial charge in [-0.15, -0.1) is 0 Å². The number of aliphatic hydroxyl groups excluding tert-OH is 3. The number of nitrogens with two attached hydrogens (primary N) is 1. The van der Waals surface area contributed by atoms with Gasteiger partial charge < -0.3 is 45.1 Å². The van der Waals surface area contributed by atoms with E-state index in [2.05, 4.69) is 42.2 Å². The van der Waals surface area contributed by atoms with E-state index < -0.39 is 89.8 Å². The van der Waals surface area contributed by atoms with Crippen molar-refractivity contribution in [1.29, 1.82) is 0 Å². The van der Waals surface area contributed by atoms with Gasteiger partial charge in [0.2, 0.25) is 0 Å². The summed E-state index contributed by atoms with van der Waals surface area (Å²) in [6.07, 6.45) is 40.4. The third-order valence-corrected chi connectivity index (χ3v) is 15.8. The van der Waals surface area contributed by atoms with Crippen molar-refractivity contribution in [2.75, 3.05) is 25.6 Å². The van der Waals surface area contributed by atoms with Crippen LogP contribution in [-0.2, 0) is 46.3 Å². The summed E-state index contributed by atoms with van der Waals surface area (Å²) >= 11 is 0. The van der Waals surface area contributed by atoms with Gasteiger partial charge in [-0.05, 0) is 56.9 Å². The van der Waals surface area contributed by atoms with E-state index in [1.165, 1.54) is 102 Å². The van der Waals surface area contributed by atoms with Gasteiger partial charge in [0, 0.05) is 19.0 Å². The normalized spacial score (nSPS) is 19.8. The average molecular weight is 1140 g/mol. The zero-order valence-electron chi connectivity index (χ0n) is 47.0. The Balaban J connectivity index is 1.77. The van der Waals surface area contributed by atoms with Gasteiger partial charge in [0.15, 0.2) is 12.3 Å². The molecule has 7 N–H and O–H groups in total. The van der Waals surface area contributed by atoms with Crippen molar-refractivity contribution in [1.82, 2.24) is 9.55 Å². The van der Waals surface area contributed by atoms with Gasteiger partial charge in [-0.25, -0.2) is 13.9 Å². The number of esters is 2. The number of allylic oxidation sites excluding steroid dienone is 8. The predicted octanol–water partition coefficient (Wildman–Crippen LogP) is 11.9. The van der Waals surface area contributed by atoms with Crippen molar-refractivity contribution >= 4 is 33.4 Å². The Kier molecular flexibility index (Phi) is 39.1. The second-order valence-electron chi connectivity index (χ2n) is 20.2. The Bertz CT molecular complexity index is 2080. The van der Waals surface area contributed by atoms with E-state index in [1.807, 2.05) is 36.5 Å². The number of unbranched alkanes of at least 4 members (excludes halogenated alkanes) is 18. The second-order valence-corrected chi connectivity index (χ2v) is 23.3. The number of anilines is 1. The summed E-state index contributed by atoms with van der Waals surface area (Å²) in [4.78, 5) is 62.1. The molecule has 1 fully saturated rings. The topological polar surface area (TPSA) is 286 Å². The Morgan fingerprint density at radius 2 is 1.29 bits per heavy atom. The summed E-state index contributed by atoms with van der Waals surface area (Å²) in [5.41, 5.74) is 4.59. The zero-order valence-corrected chi connectivity index (χ0v) is 48.8. The van der Waals surface area contributed by atoms with E-state index in [1.54, 1.807) is 12.2 Å². The molecule has 2 rings (SSSR count). The number of nitrogens with zero attached hydrogens (tertiary/aromatic N) is 2. The number of phosphoric acid groups is 2. The molecule has 1 aromatic rings. The first-order valence-electron chi connectivity index (χ1n) is 28.8. The van der Waals surface area contributed by atoms with Crippen molar-refractivity contribution in [3.8, 4) is 0 Å². The van der Waals surface area contributed by atoms with Gasteiger partial charge in [-0.3, -0.25) is 23.2 Å². The quantitative estimate of drug-likeness (QED) is 0.0116. The van der Waals surface area contributed by atoms with Crippen LogP contribution in [0.3, 0.4) is 0 Å². The van der Waals surface area contributed by atoms with Crippen molar-refractivity contribution < 1.29 is 71.4 Å². The van der Waals surface area contributed by atoms with Crippen LogP contribution in [0.25, 0.3) is 0 Å². The second kappa shape index (κ2) is 43.2. The molecule has 1 aromatic heterocycles. The molecule has 78 heavy (non-hydrogen) atoms. The summed E-state index contributed by atoms with van der Waals surface area (Å²) in [5, 5.41) is 31.0. The smallest absolute Gasteiger partial charge is 0.462 e. The summed E-state index contributed by atoms with van der Waals surface area (Å²) in [6.45, 7) is 4.31. The molecular weight excluding hydrogens is 1040 g/mol. The molecule has 21 heteroatoms. The van der Waals surface area contributed by atoms with E-state index in [9.17, 15) is 48.6 Å². The van der Waals surface area contributed by atoms with Crippen molar-refractivity contribution in [3.05, 3.63) is 83.5 Å². The first kappa shape index (κ1) is 70.5. The Labute approximate surface area is 465 Å². The third kappa shape index (κ3) is 35.2. The van der Waals surface area contributed by atoms with Crippen LogP contribution in [0.1, 0.15) is 207 Å². The Morgan fingerprint density at radius 3 is 1.91 bits per heavy atom. The molecule has 0 saturated carbocycles. The molecule has 0 amide bonds. The summed E-state index contributed by atoms with van der Waals surface area (Å²) < 4.78 is 56.9. The highest BCUT2D eigenvalue weighted by Gasteiger charge is 2.46. The van der Waals surface area contributed by atoms with E-state index in [-0.39, 0.29) is 18.7 Å². The van der Waals surface area contributed by atoms with Crippen LogP contribution in [0.2, 0.25) is 0 Å². The molecule has 9 atom stereocenters. The van der Waals surface area contributed by atoms with Crippen LogP contribution in [0.5, 0.6) is 0 Å². The minimum atomic E-state index is -5.45. The molecule has 0 bridgehead atoms. The summed E-state index contributed by atoms with van der Waals surface area (Å²) in [5.74, 6) is -0.537. The number of hydrogen-bond donors (Lipinski definition) is 6. The molecule has 1 aliphatic rings. The van der Waals surface area contributed by atoms with Crippen LogP contribution in [0, 0.1) is 5.92 Å². The number of carbonyl (C=O) groups excluding carboxylic acids is 2. The van der Waals surface area contributed by atoms with Gasteiger partial charge in [-0.2, -0.15) is 9.29 Å². The maximum absolute atomic E-state index is 12.9. The highest BCUT2D eigenvalue weighted by molar-refractivity contribution is 7.61. The molecular formula is C57H97N3O16P2. The maximum Gasteiger partial charge on any atom is 0.481 e. The third-order valence-electron chi connectivity index (χ3n) is 13.2. The highest BCUT2D eigenvalue weighted by Crippen LogP contribution is 2.60. The maximum atomic E-state index is 12.9. The largest absolute Gasteiger partial charge is 0.481 e. The molecule has 19 nitrogen and oxygen atoms in total. The number of nitrogen functional groups attached to an aromatic ring is 1. The molecule has 2 heterocycles. The lowest BCUT2D eigenvalue weighted by Crippen LogP contribution is -2.36. The number of aliphatic hydroxyl groups is 3.